The van der Waals surface area contributed by atoms with Crippen LogP contribution in [0.15, 0.2) is 12.1 Å². The van der Waals surface area contributed by atoms with Gasteiger partial charge < -0.3 is 15.7 Å². The summed E-state index contributed by atoms with van der Waals surface area (Å²) in [7, 11) is 0. The number of nitrogens with zero attached hydrogens (tertiary/aromatic N) is 1. The van der Waals surface area contributed by atoms with Gasteiger partial charge >= 0.3 is 0 Å². The minimum Gasteiger partial charge on any atom is -0.398 e. The molecule has 0 bridgehead atoms. The van der Waals surface area contributed by atoms with Crippen molar-refractivity contribution in [1.82, 2.24) is 4.90 Å². The number of halogens is 1. The second-order valence-electron chi connectivity index (χ2n) is 5.95. The molecule has 3 rings (SSSR count). The Balaban J connectivity index is 1.81. The Morgan fingerprint density at radius 3 is 2.80 bits per heavy atom. The highest BCUT2D eigenvalue weighted by Gasteiger charge is 2.43. The van der Waals surface area contributed by atoms with Crippen molar-refractivity contribution >= 4 is 11.6 Å². The van der Waals surface area contributed by atoms with Crippen molar-refractivity contribution in [1.29, 1.82) is 0 Å². The number of likely N-dealkylation sites (tertiary alicyclic amines) is 1. The summed E-state index contributed by atoms with van der Waals surface area (Å²) in [5, 5.41) is 9.88. The zero-order valence-electron chi connectivity index (χ0n) is 11.5. The number of amides is 1. The average molecular weight is 278 g/mol. The van der Waals surface area contributed by atoms with Gasteiger partial charge in [-0.25, -0.2) is 4.39 Å². The number of carbonyl (C=O) groups is 1. The van der Waals surface area contributed by atoms with Crippen LogP contribution in [-0.2, 0) is 0 Å². The SMILES string of the molecule is Cc1c(N)cc(C(=O)N2CC3CCC(O)C3C2)cc1F. The van der Waals surface area contributed by atoms with Gasteiger partial charge in [0.1, 0.15) is 5.82 Å². The fraction of sp³-hybridized carbons (Fsp3) is 0.533. The lowest BCUT2D eigenvalue weighted by molar-refractivity contribution is 0.0752. The Morgan fingerprint density at radius 1 is 1.40 bits per heavy atom. The van der Waals surface area contributed by atoms with Gasteiger partial charge in [-0.1, -0.05) is 0 Å². The van der Waals surface area contributed by atoms with Gasteiger partial charge in [0.15, 0.2) is 0 Å². The average Bonchev–Trinajstić information content (AvgIpc) is 2.97. The summed E-state index contributed by atoms with van der Waals surface area (Å²) in [6.07, 6.45) is 1.47. The van der Waals surface area contributed by atoms with Crippen LogP contribution in [0.1, 0.15) is 28.8 Å². The van der Waals surface area contributed by atoms with E-state index in [1.165, 1.54) is 12.1 Å². The van der Waals surface area contributed by atoms with E-state index in [2.05, 4.69) is 0 Å². The maximum atomic E-state index is 13.7. The van der Waals surface area contributed by atoms with Crippen LogP contribution < -0.4 is 5.73 Å². The second kappa shape index (κ2) is 4.74. The van der Waals surface area contributed by atoms with Gasteiger partial charge in [0.25, 0.3) is 5.91 Å². The monoisotopic (exact) mass is 278 g/mol. The van der Waals surface area contributed by atoms with Crippen molar-refractivity contribution in [2.75, 3.05) is 18.8 Å². The number of aliphatic hydroxyl groups is 1. The molecule has 108 valence electrons. The molecular weight excluding hydrogens is 259 g/mol. The number of nitrogens with two attached hydrogens (primary N) is 1. The molecule has 3 unspecified atom stereocenters. The third-order valence-electron chi connectivity index (χ3n) is 4.74. The lowest BCUT2D eigenvalue weighted by Gasteiger charge is -2.19. The van der Waals surface area contributed by atoms with Gasteiger partial charge in [0.05, 0.1) is 6.10 Å². The fourth-order valence-corrected chi connectivity index (χ4v) is 3.41. The molecule has 1 heterocycles. The molecule has 20 heavy (non-hydrogen) atoms. The maximum absolute atomic E-state index is 13.7. The predicted octanol–water partition coefficient (Wildman–Crippen LogP) is 1.56. The molecule has 2 aliphatic rings. The summed E-state index contributed by atoms with van der Waals surface area (Å²) in [4.78, 5) is 14.1. The standard InChI is InChI=1S/C15H19FN2O2/c1-8-12(16)4-10(5-13(8)17)15(20)18-6-9-2-3-14(19)11(9)7-18/h4-5,9,11,14,19H,2-3,6-7,17H2,1H3. The van der Waals surface area contributed by atoms with E-state index in [9.17, 15) is 14.3 Å². The van der Waals surface area contributed by atoms with Crippen LogP contribution in [0.2, 0.25) is 0 Å². The van der Waals surface area contributed by atoms with E-state index in [4.69, 9.17) is 5.73 Å². The lowest BCUT2D eigenvalue weighted by atomic mass is 10.00. The van der Waals surface area contributed by atoms with Crippen LogP contribution in [0.3, 0.4) is 0 Å². The number of aliphatic hydroxyl groups excluding tert-OH is 1. The molecule has 1 aromatic rings. The molecule has 4 nitrogen and oxygen atoms in total. The number of benzene rings is 1. The van der Waals surface area contributed by atoms with Crippen LogP contribution in [0.25, 0.3) is 0 Å². The van der Waals surface area contributed by atoms with E-state index in [0.717, 1.165) is 12.8 Å². The van der Waals surface area contributed by atoms with Crippen LogP contribution >= 0.6 is 0 Å². The van der Waals surface area contributed by atoms with Crippen molar-refractivity contribution < 1.29 is 14.3 Å². The molecule has 2 fully saturated rings. The van der Waals surface area contributed by atoms with Gasteiger partial charge in [-0.2, -0.15) is 0 Å². The molecule has 0 aromatic heterocycles. The van der Waals surface area contributed by atoms with E-state index in [0.29, 0.717) is 35.8 Å². The molecule has 1 amide bonds. The third-order valence-corrected chi connectivity index (χ3v) is 4.74. The number of fused-ring (bicyclic) bond motifs is 1. The molecule has 5 heteroatoms. The van der Waals surface area contributed by atoms with Gasteiger partial charge in [0, 0.05) is 35.8 Å². The van der Waals surface area contributed by atoms with Gasteiger partial charge in [-0.3, -0.25) is 4.79 Å². The number of anilines is 1. The van der Waals surface area contributed by atoms with Crippen LogP contribution in [0, 0.1) is 24.6 Å². The van der Waals surface area contributed by atoms with E-state index >= 15 is 0 Å². The van der Waals surface area contributed by atoms with E-state index in [1.54, 1.807) is 11.8 Å². The minimum absolute atomic E-state index is 0.173. The highest BCUT2D eigenvalue weighted by molar-refractivity contribution is 5.95. The largest absolute Gasteiger partial charge is 0.398 e. The molecule has 0 spiro atoms. The number of carbonyl (C=O) groups excluding carboxylic acids is 1. The van der Waals surface area contributed by atoms with Crippen LogP contribution in [0.4, 0.5) is 10.1 Å². The van der Waals surface area contributed by atoms with Gasteiger partial charge in [0.2, 0.25) is 0 Å². The molecule has 3 atom stereocenters. The Morgan fingerprint density at radius 2 is 2.15 bits per heavy atom. The molecule has 3 N–H and O–H groups in total. The normalized spacial score (nSPS) is 28.8. The molecule has 1 saturated carbocycles. The fourth-order valence-electron chi connectivity index (χ4n) is 3.41. The summed E-state index contributed by atoms with van der Waals surface area (Å²) in [5.74, 6) is -0.0989. The molecule has 1 aliphatic heterocycles. The smallest absolute Gasteiger partial charge is 0.254 e. The number of nitrogen functional groups attached to an aromatic ring is 1. The van der Waals surface area contributed by atoms with Gasteiger partial charge in [-0.05, 0) is 37.8 Å². The first-order valence-electron chi connectivity index (χ1n) is 7.00. The summed E-state index contributed by atoms with van der Waals surface area (Å²) in [6, 6.07) is 2.78. The van der Waals surface area contributed by atoms with Crippen molar-refractivity contribution in [2.45, 2.75) is 25.9 Å². The molecule has 1 aromatic carbocycles. The van der Waals surface area contributed by atoms with Crippen molar-refractivity contribution in [3.63, 3.8) is 0 Å². The highest BCUT2D eigenvalue weighted by atomic mass is 19.1. The summed E-state index contributed by atoms with van der Waals surface area (Å²) in [6.45, 7) is 2.80. The first kappa shape index (κ1) is 13.4. The first-order chi connectivity index (χ1) is 9.47. The zero-order chi connectivity index (χ0) is 14.4. The summed E-state index contributed by atoms with van der Waals surface area (Å²) < 4.78 is 13.7. The Labute approximate surface area is 117 Å². The van der Waals surface area contributed by atoms with Gasteiger partial charge in [-0.15, -0.1) is 0 Å². The Kier molecular flexibility index (Phi) is 3.17. The molecule has 1 aliphatic carbocycles. The number of hydrogen-bond acceptors (Lipinski definition) is 3. The zero-order valence-corrected chi connectivity index (χ0v) is 11.5. The van der Waals surface area contributed by atoms with Crippen molar-refractivity contribution in [3.05, 3.63) is 29.1 Å². The Hall–Kier alpha value is -1.62. The third kappa shape index (κ3) is 2.06. The van der Waals surface area contributed by atoms with Crippen molar-refractivity contribution in [2.24, 2.45) is 11.8 Å². The van der Waals surface area contributed by atoms with E-state index in [-0.39, 0.29) is 17.9 Å². The minimum atomic E-state index is -0.451. The number of rotatable bonds is 1. The molecule has 0 radical (unpaired) electrons. The van der Waals surface area contributed by atoms with Crippen LogP contribution in [0.5, 0.6) is 0 Å². The Bertz CT molecular complexity index is 538. The molecular formula is C15H19FN2O2. The van der Waals surface area contributed by atoms with E-state index < -0.39 is 5.82 Å². The predicted molar refractivity (Wildman–Crippen MR) is 73.7 cm³/mol. The first-order valence-corrected chi connectivity index (χ1v) is 7.00. The quantitative estimate of drug-likeness (QED) is 0.766. The van der Waals surface area contributed by atoms with Crippen LogP contribution in [-0.4, -0.2) is 35.1 Å². The van der Waals surface area contributed by atoms with Crippen molar-refractivity contribution in [3.8, 4) is 0 Å². The highest BCUT2D eigenvalue weighted by Crippen LogP contribution is 2.38. The summed E-state index contributed by atoms with van der Waals surface area (Å²) in [5.41, 5.74) is 6.68. The second-order valence-corrected chi connectivity index (χ2v) is 5.95. The maximum Gasteiger partial charge on any atom is 0.254 e. The summed E-state index contributed by atoms with van der Waals surface area (Å²) >= 11 is 0. The topological polar surface area (TPSA) is 66.6 Å². The molecule has 1 saturated heterocycles. The van der Waals surface area contributed by atoms with E-state index in [1.807, 2.05) is 0 Å². The lowest BCUT2D eigenvalue weighted by Crippen LogP contribution is -2.31. The number of hydrogen-bond donors (Lipinski definition) is 2.